The number of halogens is 1. The lowest BCUT2D eigenvalue weighted by Crippen LogP contribution is -2.40. The Bertz CT molecular complexity index is 1150. The number of anilines is 2. The molecule has 9 heteroatoms. The van der Waals surface area contributed by atoms with Crippen LogP contribution in [0.15, 0.2) is 58.1 Å². The maximum atomic E-state index is 14.5. The zero-order chi connectivity index (χ0) is 24.9. The van der Waals surface area contributed by atoms with Gasteiger partial charge in [0.25, 0.3) is 0 Å². The molecule has 2 aromatic rings. The number of esters is 1. The van der Waals surface area contributed by atoms with Crippen LogP contribution >= 0.6 is 11.8 Å². The molecule has 0 bridgehead atoms. The summed E-state index contributed by atoms with van der Waals surface area (Å²) in [7, 11) is -2.27. The summed E-state index contributed by atoms with van der Waals surface area (Å²) < 4.78 is 48.2. The molecule has 0 amide bonds. The second kappa shape index (κ2) is 11.4. The summed E-state index contributed by atoms with van der Waals surface area (Å²) in [5, 5.41) is 0. The molecule has 0 radical (unpaired) electrons. The Balaban J connectivity index is 2.24. The highest BCUT2D eigenvalue weighted by Gasteiger charge is 2.37. The van der Waals surface area contributed by atoms with Gasteiger partial charge in [0.2, 0.25) is 15.9 Å². The van der Waals surface area contributed by atoms with Crippen molar-refractivity contribution in [2.45, 2.75) is 48.9 Å². The molecular formula is C25H31FN2O4S2. The number of ether oxygens (including phenoxy) is 1. The molecule has 1 aliphatic heterocycles. The quantitative estimate of drug-likeness (QED) is 0.263. The number of carbonyl (C=O) groups is 1. The van der Waals surface area contributed by atoms with Gasteiger partial charge in [-0.2, -0.15) is 8.70 Å². The van der Waals surface area contributed by atoms with E-state index in [-0.39, 0.29) is 17.5 Å². The van der Waals surface area contributed by atoms with E-state index in [0.717, 1.165) is 31.0 Å². The normalized spacial score (nSPS) is 18.3. The van der Waals surface area contributed by atoms with E-state index in [1.54, 1.807) is 20.0 Å². The fraction of sp³-hybridized carbons (Fsp3) is 0.400. The van der Waals surface area contributed by atoms with E-state index in [4.69, 9.17) is 4.74 Å². The number of para-hydroxylation sites is 1. The smallest absolute Gasteiger partial charge is 0.367 e. The van der Waals surface area contributed by atoms with Crippen LogP contribution < -0.4 is 4.90 Å². The Morgan fingerprint density at radius 3 is 2.56 bits per heavy atom. The molecule has 3 rings (SSSR count). The maximum absolute atomic E-state index is 14.5. The topological polar surface area (TPSA) is 66.9 Å². The zero-order valence-corrected chi connectivity index (χ0v) is 21.6. The lowest BCUT2D eigenvalue weighted by Gasteiger charge is -2.29. The van der Waals surface area contributed by atoms with Gasteiger partial charge < -0.3 is 9.64 Å². The largest absolute Gasteiger partial charge is 0.461 e. The molecule has 0 saturated carbocycles. The van der Waals surface area contributed by atoms with E-state index in [9.17, 15) is 17.6 Å². The molecule has 2 aromatic carbocycles. The van der Waals surface area contributed by atoms with Crippen LogP contribution in [0.5, 0.6) is 0 Å². The Hall–Kier alpha value is -2.36. The summed E-state index contributed by atoms with van der Waals surface area (Å²) in [6, 6.07) is 12.6. The minimum atomic E-state index is -3.88. The fourth-order valence-corrected chi connectivity index (χ4v) is 6.18. The first-order valence-corrected chi connectivity index (χ1v) is 14.0. The van der Waals surface area contributed by atoms with Crippen molar-refractivity contribution in [1.82, 2.24) is 4.31 Å². The van der Waals surface area contributed by atoms with Gasteiger partial charge >= 0.3 is 5.97 Å². The number of thioether (sulfide) groups is 1. The van der Waals surface area contributed by atoms with Crippen LogP contribution in [0.1, 0.15) is 38.7 Å². The standard InChI is InChI=1S/C25H31FN2O4S2/c1-5-7-11-20-17-28(19-12-9-8-10-13-19)22-16-23(33-4)18(14-21(26)25(29)32-6-2)15-24(22)34(30,31)27(20)3/h8-10,12-16,20H,5-7,11,17H2,1-4H3/b21-14-. The molecule has 1 unspecified atom stereocenters. The van der Waals surface area contributed by atoms with Crippen molar-refractivity contribution in [3.05, 3.63) is 53.9 Å². The molecule has 0 aromatic heterocycles. The van der Waals surface area contributed by atoms with Crippen LogP contribution in [0.4, 0.5) is 15.8 Å². The number of rotatable bonds is 8. The van der Waals surface area contributed by atoms with E-state index in [0.29, 0.717) is 22.7 Å². The second-order valence-corrected chi connectivity index (χ2v) is 10.9. The number of hydrogen-bond donors (Lipinski definition) is 0. The summed E-state index contributed by atoms with van der Waals surface area (Å²) >= 11 is 1.36. The molecule has 0 spiro atoms. The minimum absolute atomic E-state index is 0.0457. The highest BCUT2D eigenvalue weighted by molar-refractivity contribution is 7.98. The number of hydrogen-bond acceptors (Lipinski definition) is 6. The average molecular weight is 507 g/mol. The van der Waals surface area contributed by atoms with Gasteiger partial charge in [0.05, 0.1) is 12.3 Å². The summed E-state index contributed by atoms with van der Waals surface area (Å²) in [4.78, 5) is 14.6. The summed E-state index contributed by atoms with van der Waals surface area (Å²) in [6.07, 6.45) is 5.46. The van der Waals surface area contributed by atoms with Gasteiger partial charge in [-0.15, -0.1) is 11.8 Å². The van der Waals surface area contributed by atoms with Crippen molar-refractivity contribution in [2.24, 2.45) is 0 Å². The maximum Gasteiger partial charge on any atom is 0.367 e. The molecule has 1 aliphatic rings. The van der Waals surface area contributed by atoms with Crippen molar-refractivity contribution < 1.29 is 22.3 Å². The third-order valence-corrected chi connectivity index (χ3v) is 8.61. The number of nitrogens with zero attached hydrogens (tertiary/aromatic N) is 2. The Morgan fingerprint density at radius 2 is 1.94 bits per heavy atom. The molecule has 6 nitrogen and oxygen atoms in total. The number of sulfonamides is 1. The molecule has 0 saturated heterocycles. The number of fused-ring (bicyclic) bond motifs is 1. The first kappa shape index (κ1) is 26.2. The third kappa shape index (κ3) is 5.47. The van der Waals surface area contributed by atoms with Crippen LogP contribution in [-0.2, 0) is 19.6 Å². The summed E-state index contributed by atoms with van der Waals surface area (Å²) in [5.74, 6) is -2.15. The van der Waals surface area contributed by atoms with Gasteiger partial charge in [-0.05, 0) is 55.5 Å². The Morgan fingerprint density at radius 1 is 1.24 bits per heavy atom. The van der Waals surface area contributed by atoms with Crippen molar-refractivity contribution in [2.75, 3.05) is 31.4 Å². The van der Waals surface area contributed by atoms with E-state index in [1.165, 1.54) is 22.1 Å². The number of unbranched alkanes of at least 4 members (excludes halogenated alkanes) is 1. The van der Waals surface area contributed by atoms with Crippen LogP contribution in [0.25, 0.3) is 6.08 Å². The number of carbonyl (C=O) groups excluding carboxylic acids is 1. The minimum Gasteiger partial charge on any atom is -0.461 e. The van der Waals surface area contributed by atoms with Crippen LogP contribution in [-0.4, -0.2) is 51.2 Å². The van der Waals surface area contributed by atoms with E-state index >= 15 is 0 Å². The number of benzene rings is 2. The monoisotopic (exact) mass is 506 g/mol. The van der Waals surface area contributed by atoms with Gasteiger partial charge in [0, 0.05) is 30.2 Å². The highest BCUT2D eigenvalue weighted by atomic mass is 32.2. The molecule has 1 heterocycles. The molecule has 0 N–H and O–H groups in total. The molecule has 1 atom stereocenters. The molecule has 34 heavy (non-hydrogen) atoms. The Kier molecular flexibility index (Phi) is 8.78. The van der Waals surface area contributed by atoms with Crippen molar-refractivity contribution in [1.29, 1.82) is 0 Å². The lowest BCUT2D eigenvalue weighted by atomic mass is 10.1. The SMILES string of the molecule is CCCCC1CN(c2ccccc2)c2cc(SC)c(/C=C(\F)C(=O)OCC)cc2S(=O)(=O)N1C. The van der Waals surface area contributed by atoms with Gasteiger partial charge in [-0.3, -0.25) is 0 Å². The number of likely N-dealkylation sites (N-methyl/N-ethyl adjacent to an activating group) is 1. The first-order chi connectivity index (χ1) is 16.2. The highest BCUT2D eigenvalue weighted by Crippen LogP contribution is 2.41. The Labute approximate surface area is 205 Å². The van der Waals surface area contributed by atoms with Gasteiger partial charge in [0.1, 0.15) is 4.90 Å². The van der Waals surface area contributed by atoms with Crippen LogP contribution in [0, 0.1) is 0 Å². The van der Waals surface area contributed by atoms with Crippen LogP contribution in [0.3, 0.4) is 0 Å². The molecular weight excluding hydrogens is 475 g/mol. The predicted molar refractivity (Wildman–Crippen MR) is 136 cm³/mol. The van der Waals surface area contributed by atoms with Gasteiger partial charge in [-0.25, -0.2) is 13.2 Å². The fourth-order valence-electron chi connectivity index (χ4n) is 4.01. The first-order valence-electron chi connectivity index (χ1n) is 11.3. The van der Waals surface area contributed by atoms with Gasteiger partial charge in [-0.1, -0.05) is 38.0 Å². The lowest BCUT2D eigenvalue weighted by molar-refractivity contribution is -0.140. The third-order valence-electron chi connectivity index (χ3n) is 5.88. The van der Waals surface area contributed by atoms with E-state index in [1.807, 2.05) is 41.5 Å². The summed E-state index contributed by atoms with van der Waals surface area (Å²) in [5.41, 5.74) is 1.73. The summed E-state index contributed by atoms with van der Waals surface area (Å²) in [6.45, 7) is 4.21. The molecule has 184 valence electrons. The van der Waals surface area contributed by atoms with E-state index in [2.05, 4.69) is 6.92 Å². The molecule has 0 fully saturated rings. The zero-order valence-electron chi connectivity index (χ0n) is 20.0. The van der Waals surface area contributed by atoms with Crippen molar-refractivity contribution in [3.8, 4) is 0 Å². The van der Waals surface area contributed by atoms with Gasteiger partial charge in [0.15, 0.2) is 0 Å². The molecule has 0 aliphatic carbocycles. The van der Waals surface area contributed by atoms with E-state index < -0.39 is 21.8 Å². The second-order valence-electron chi connectivity index (χ2n) is 8.04. The van der Waals surface area contributed by atoms with Crippen molar-refractivity contribution >= 4 is 45.2 Å². The predicted octanol–water partition coefficient (Wildman–Crippen LogP) is 5.61. The van der Waals surface area contributed by atoms with Crippen molar-refractivity contribution in [3.63, 3.8) is 0 Å². The van der Waals surface area contributed by atoms with Crippen LogP contribution in [0.2, 0.25) is 0 Å². The average Bonchev–Trinajstić information content (AvgIpc) is 2.91.